The summed E-state index contributed by atoms with van der Waals surface area (Å²) in [4.78, 5) is 11.1. The zero-order valence-corrected chi connectivity index (χ0v) is 9.54. The maximum absolute atomic E-state index is 5.60. The van der Waals surface area contributed by atoms with Crippen LogP contribution in [0.15, 0.2) is 0 Å². The molecule has 14 heavy (non-hydrogen) atoms. The lowest BCUT2D eigenvalue weighted by molar-refractivity contribution is 0.600. The van der Waals surface area contributed by atoms with Crippen LogP contribution in [-0.2, 0) is 4.75 Å². The molecular formula is C8H12N4S2. The topological polar surface area (TPSA) is 67.6 Å². The molecule has 0 saturated carbocycles. The summed E-state index contributed by atoms with van der Waals surface area (Å²) in [6.07, 6.45) is 2.32. The molecule has 1 fully saturated rings. The van der Waals surface area contributed by atoms with Crippen LogP contribution >= 0.6 is 24.0 Å². The van der Waals surface area contributed by atoms with Gasteiger partial charge in [0.1, 0.15) is 5.82 Å². The minimum Gasteiger partial charge on any atom is -0.369 e. The molecule has 76 valence electrons. The number of H-pyrrole nitrogens is 1. The van der Waals surface area contributed by atoms with Crippen LogP contribution in [0.4, 0.5) is 5.95 Å². The van der Waals surface area contributed by atoms with Gasteiger partial charge in [-0.1, -0.05) is 0 Å². The molecule has 1 atom stereocenters. The summed E-state index contributed by atoms with van der Waals surface area (Å²) < 4.78 is 0.356. The fraction of sp³-hybridized carbons (Fsp3) is 0.625. The van der Waals surface area contributed by atoms with Gasteiger partial charge in [0.05, 0.1) is 4.75 Å². The van der Waals surface area contributed by atoms with E-state index < -0.39 is 0 Å². The molecule has 2 heterocycles. The molecule has 0 spiro atoms. The average Bonchev–Trinajstić information content (AvgIpc) is 2.52. The Labute approximate surface area is 91.7 Å². The molecule has 1 aromatic heterocycles. The van der Waals surface area contributed by atoms with Gasteiger partial charge in [0.2, 0.25) is 10.7 Å². The van der Waals surface area contributed by atoms with E-state index in [4.69, 9.17) is 18.0 Å². The molecule has 0 bridgehead atoms. The first-order chi connectivity index (χ1) is 6.60. The Morgan fingerprint density at radius 1 is 1.57 bits per heavy atom. The van der Waals surface area contributed by atoms with Gasteiger partial charge in [-0.05, 0) is 37.7 Å². The Hall–Kier alpha value is -0.620. The number of hydrogen-bond acceptors (Lipinski definition) is 5. The molecule has 2 rings (SSSR count). The van der Waals surface area contributed by atoms with Crippen molar-refractivity contribution in [3.63, 3.8) is 0 Å². The van der Waals surface area contributed by atoms with E-state index in [1.807, 2.05) is 11.8 Å². The second kappa shape index (κ2) is 3.51. The number of aromatic nitrogens is 3. The summed E-state index contributed by atoms with van der Waals surface area (Å²) in [6, 6.07) is 0. The third-order valence-electron chi connectivity index (χ3n) is 2.39. The molecule has 1 aliphatic heterocycles. The van der Waals surface area contributed by atoms with Gasteiger partial charge in [-0.15, -0.1) is 11.8 Å². The van der Waals surface area contributed by atoms with Crippen LogP contribution in [0.3, 0.4) is 0 Å². The van der Waals surface area contributed by atoms with Crippen molar-refractivity contribution in [1.29, 1.82) is 0 Å². The standard InChI is InChI=1S/C8H12N4S2/c1-8(3-2-4-14-8)5-10-6(9)12-7(13)11-5/h2-4H2,1H3,(H3,9,10,11,12,13). The number of hydrogen-bond donors (Lipinski definition) is 2. The highest BCUT2D eigenvalue weighted by atomic mass is 32.2. The zero-order valence-electron chi connectivity index (χ0n) is 7.91. The van der Waals surface area contributed by atoms with E-state index >= 15 is 0 Å². The van der Waals surface area contributed by atoms with Gasteiger partial charge in [-0.25, -0.2) is 4.98 Å². The van der Waals surface area contributed by atoms with E-state index in [1.165, 1.54) is 12.2 Å². The second-order valence-electron chi connectivity index (χ2n) is 3.55. The SMILES string of the molecule is CC1(c2nc(=S)nc(N)[nH]2)CCCS1. The Morgan fingerprint density at radius 3 is 2.93 bits per heavy atom. The van der Waals surface area contributed by atoms with E-state index in [9.17, 15) is 0 Å². The molecule has 1 aliphatic rings. The van der Waals surface area contributed by atoms with Crippen molar-refractivity contribution in [1.82, 2.24) is 15.0 Å². The number of rotatable bonds is 1. The van der Waals surface area contributed by atoms with Crippen molar-refractivity contribution in [2.75, 3.05) is 11.5 Å². The summed E-state index contributed by atoms with van der Waals surface area (Å²) in [7, 11) is 0. The highest BCUT2D eigenvalue weighted by Crippen LogP contribution is 2.44. The molecule has 0 aromatic carbocycles. The van der Waals surface area contributed by atoms with Crippen LogP contribution in [0.5, 0.6) is 0 Å². The van der Waals surface area contributed by atoms with E-state index in [0.717, 1.165) is 12.2 Å². The molecule has 0 aliphatic carbocycles. The van der Waals surface area contributed by atoms with Crippen molar-refractivity contribution in [2.24, 2.45) is 0 Å². The molecule has 1 unspecified atom stereocenters. The van der Waals surface area contributed by atoms with Crippen molar-refractivity contribution >= 4 is 29.9 Å². The van der Waals surface area contributed by atoms with Crippen LogP contribution in [0.1, 0.15) is 25.6 Å². The number of anilines is 1. The quantitative estimate of drug-likeness (QED) is 0.718. The van der Waals surface area contributed by atoms with Gasteiger partial charge in [0, 0.05) is 0 Å². The number of nitrogens with zero attached hydrogens (tertiary/aromatic N) is 2. The molecule has 0 amide bonds. The summed E-state index contributed by atoms with van der Waals surface area (Å²) in [5, 5.41) is 0. The van der Waals surface area contributed by atoms with Crippen LogP contribution < -0.4 is 5.73 Å². The zero-order chi connectivity index (χ0) is 10.2. The highest BCUT2D eigenvalue weighted by Gasteiger charge is 2.33. The number of thioether (sulfide) groups is 1. The van der Waals surface area contributed by atoms with Crippen LogP contribution in [0.25, 0.3) is 0 Å². The van der Waals surface area contributed by atoms with Crippen molar-refractivity contribution < 1.29 is 0 Å². The molecule has 4 nitrogen and oxygen atoms in total. The fourth-order valence-corrected chi connectivity index (χ4v) is 3.07. The Balaban J connectivity index is 2.45. The predicted molar refractivity (Wildman–Crippen MR) is 60.7 cm³/mol. The summed E-state index contributed by atoms with van der Waals surface area (Å²) in [5.74, 6) is 2.38. The molecular weight excluding hydrogens is 216 g/mol. The first kappa shape index (κ1) is 9.92. The van der Waals surface area contributed by atoms with Gasteiger partial charge in [-0.3, -0.25) is 0 Å². The van der Waals surface area contributed by atoms with Crippen LogP contribution in [0, 0.1) is 4.77 Å². The lowest BCUT2D eigenvalue weighted by atomic mass is 10.1. The molecule has 6 heteroatoms. The summed E-state index contributed by atoms with van der Waals surface area (Å²) in [5.41, 5.74) is 5.60. The van der Waals surface area contributed by atoms with E-state index in [0.29, 0.717) is 10.7 Å². The number of nitrogens with one attached hydrogen (secondary N) is 1. The predicted octanol–water partition coefficient (Wildman–Crippen LogP) is 1.86. The summed E-state index contributed by atoms with van der Waals surface area (Å²) >= 11 is 6.83. The van der Waals surface area contributed by atoms with Gasteiger partial charge < -0.3 is 10.7 Å². The minimum atomic E-state index is 0.0324. The Morgan fingerprint density at radius 2 is 2.36 bits per heavy atom. The molecule has 0 radical (unpaired) electrons. The lowest BCUT2D eigenvalue weighted by Gasteiger charge is -2.21. The normalized spacial score (nSPS) is 26.6. The first-order valence-corrected chi connectivity index (χ1v) is 5.88. The van der Waals surface area contributed by atoms with Crippen molar-refractivity contribution in [3.8, 4) is 0 Å². The van der Waals surface area contributed by atoms with Gasteiger partial charge in [0.25, 0.3) is 0 Å². The monoisotopic (exact) mass is 228 g/mol. The maximum atomic E-state index is 5.60. The van der Waals surface area contributed by atoms with Crippen LogP contribution in [-0.4, -0.2) is 20.7 Å². The largest absolute Gasteiger partial charge is 0.369 e. The molecule has 3 N–H and O–H groups in total. The van der Waals surface area contributed by atoms with Crippen molar-refractivity contribution in [3.05, 3.63) is 10.6 Å². The average molecular weight is 228 g/mol. The Kier molecular flexibility index (Phi) is 2.48. The maximum Gasteiger partial charge on any atom is 0.224 e. The smallest absolute Gasteiger partial charge is 0.224 e. The molecule has 1 aromatic rings. The number of nitrogens with two attached hydrogens (primary N) is 1. The molecule has 1 saturated heterocycles. The third kappa shape index (κ3) is 1.76. The van der Waals surface area contributed by atoms with E-state index in [1.54, 1.807) is 0 Å². The Bertz CT molecular complexity index is 395. The minimum absolute atomic E-state index is 0.0324. The fourth-order valence-electron chi connectivity index (χ4n) is 1.62. The highest BCUT2D eigenvalue weighted by molar-refractivity contribution is 8.00. The van der Waals surface area contributed by atoms with Gasteiger partial charge >= 0.3 is 0 Å². The van der Waals surface area contributed by atoms with E-state index in [-0.39, 0.29) is 4.75 Å². The second-order valence-corrected chi connectivity index (χ2v) is 5.51. The van der Waals surface area contributed by atoms with E-state index in [2.05, 4.69) is 21.9 Å². The first-order valence-electron chi connectivity index (χ1n) is 4.48. The van der Waals surface area contributed by atoms with Crippen LogP contribution in [0.2, 0.25) is 0 Å². The number of nitrogen functional groups attached to an aromatic ring is 1. The van der Waals surface area contributed by atoms with Gasteiger partial charge in [0.15, 0.2) is 0 Å². The number of aromatic amines is 1. The third-order valence-corrected chi connectivity index (χ3v) is 4.10. The lowest BCUT2D eigenvalue weighted by Crippen LogP contribution is -2.18. The summed E-state index contributed by atoms with van der Waals surface area (Å²) in [6.45, 7) is 2.16. The van der Waals surface area contributed by atoms with Gasteiger partial charge in [-0.2, -0.15) is 4.98 Å². The van der Waals surface area contributed by atoms with Crippen molar-refractivity contribution in [2.45, 2.75) is 24.5 Å².